The lowest BCUT2D eigenvalue weighted by molar-refractivity contribution is -0.119. The molecule has 1 aromatic carbocycles. The van der Waals surface area contributed by atoms with Crippen LogP contribution in [-0.2, 0) is 14.3 Å². The van der Waals surface area contributed by atoms with Gasteiger partial charge >= 0.3 is 12.2 Å². The molecule has 1 aromatic rings. The average Bonchev–Trinajstić information content (AvgIpc) is 3.06. The number of nitrogens with zero attached hydrogens (tertiary/aromatic N) is 2. The lowest BCUT2D eigenvalue weighted by atomic mass is 10.2. The van der Waals surface area contributed by atoms with Crippen molar-refractivity contribution < 1.29 is 28.2 Å². The molecule has 2 heterocycles. The van der Waals surface area contributed by atoms with E-state index in [1.807, 2.05) is 25.7 Å². The fraction of sp³-hybridized carbons (Fsp3) is 0.591. The normalized spacial score (nSPS) is 25.8. The first-order valence-electron chi connectivity index (χ1n) is 11.0. The number of cyclic esters (lactones) is 1. The Balaban J connectivity index is 1.36. The average molecular weight is 517 g/mol. The molecule has 4 rings (SSSR count). The molecule has 12 heteroatoms. The van der Waals surface area contributed by atoms with Crippen molar-refractivity contribution in [3.63, 3.8) is 0 Å². The molecule has 1 aliphatic carbocycles. The van der Waals surface area contributed by atoms with Gasteiger partial charge in [-0.05, 0) is 39.0 Å². The largest absolute Gasteiger partial charge is 0.447 e. The molecule has 0 spiro atoms. The Bertz CT molecular complexity index is 977. The van der Waals surface area contributed by atoms with Crippen molar-refractivity contribution in [3.8, 4) is 0 Å². The fourth-order valence-electron chi connectivity index (χ4n) is 4.51. The number of fused-ring (bicyclic) bond motifs is 1. The second kappa shape index (κ2) is 9.30. The summed E-state index contributed by atoms with van der Waals surface area (Å²) in [6.45, 7) is 6.75. The SMILES string of the molecule is CC(C)(C)OC(=O)NC1[C@H]2CN(c3ccc(N4C(=O)OC[C@@H]4CNC(=O)C(Cl)Cl)cc3F)C[C@@H]12. The number of ether oxygens (including phenoxy) is 2. The molecule has 34 heavy (non-hydrogen) atoms. The van der Waals surface area contributed by atoms with E-state index in [9.17, 15) is 14.4 Å². The summed E-state index contributed by atoms with van der Waals surface area (Å²) >= 11 is 11.1. The van der Waals surface area contributed by atoms with E-state index in [2.05, 4.69) is 10.6 Å². The van der Waals surface area contributed by atoms with E-state index in [0.29, 0.717) is 24.5 Å². The zero-order valence-corrected chi connectivity index (χ0v) is 20.5. The summed E-state index contributed by atoms with van der Waals surface area (Å²) in [7, 11) is 0. The summed E-state index contributed by atoms with van der Waals surface area (Å²) < 4.78 is 25.4. The summed E-state index contributed by atoms with van der Waals surface area (Å²) in [5.74, 6) is -0.586. The molecule has 0 radical (unpaired) electrons. The van der Waals surface area contributed by atoms with Crippen LogP contribution in [0.1, 0.15) is 20.8 Å². The minimum absolute atomic E-state index is 0.0318. The molecule has 0 aromatic heterocycles. The lowest BCUT2D eigenvalue weighted by Crippen LogP contribution is -2.44. The first kappa shape index (κ1) is 24.7. The van der Waals surface area contributed by atoms with E-state index < -0.39 is 40.4 Å². The van der Waals surface area contributed by atoms with Crippen LogP contribution in [0, 0.1) is 17.7 Å². The van der Waals surface area contributed by atoms with Crippen LogP contribution in [0.5, 0.6) is 0 Å². The number of alkyl carbamates (subject to hydrolysis) is 1. The van der Waals surface area contributed by atoms with Crippen molar-refractivity contribution in [1.82, 2.24) is 10.6 Å². The highest BCUT2D eigenvalue weighted by atomic mass is 35.5. The minimum atomic E-state index is -1.23. The van der Waals surface area contributed by atoms with E-state index in [1.165, 1.54) is 11.0 Å². The molecule has 3 fully saturated rings. The van der Waals surface area contributed by atoms with Gasteiger partial charge in [-0.1, -0.05) is 23.2 Å². The number of hydrogen-bond acceptors (Lipinski definition) is 6. The highest BCUT2D eigenvalue weighted by Gasteiger charge is 2.57. The van der Waals surface area contributed by atoms with Gasteiger partial charge in [-0.15, -0.1) is 0 Å². The molecule has 1 unspecified atom stereocenters. The lowest BCUT2D eigenvalue weighted by Gasteiger charge is -2.26. The van der Waals surface area contributed by atoms with Crippen molar-refractivity contribution in [2.75, 3.05) is 36.0 Å². The minimum Gasteiger partial charge on any atom is -0.447 e. The predicted molar refractivity (Wildman–Crippen MR) is 125 cm³/mol. The molecule has 1 saturated carbocycles. The third kappa shape index (κ3) is 5.27. The summed E-state index contributed by atoms with van der Waals surface area (Å²) in [5.41, 5.74) is 0.190. The van der Waals surface area contributed by atoms with Gasteiger partial charge in [0, 0.05) is 37.5 Å². The Morgan fingerprint density at radius 3 is 2.53 bits per heavy atom. The van der Waals surface area contributed by atoms with Gasteiger partial charge in [-0.2, -0.15) is 0 Å². The van der Waals surface area contributed by atoms with Gasteiger partial charge in [0.1, 0.15) is 18.0 Å². The second-order valence-corrected chi connectivity index (χ2v) is 10.8. The Morgan fingerprint density at radius 2 is 1.94 bits per heavy atom. The number of rotatable bonds is 6. The third-order valence-electron chi connectivity index (χ3n) is 6.10. The van der Waals surface area contributed by atoms with E-state index in [4.69, 9.17) is 32.7 Å². The van der Waals surface area contributed by atoms with Crippen LogP contribution in [0.4, 0.5) is 25.4 Å². The highest BCUT2D eigenvalue weighted by Crippen LogP contribution is 2.47. The van der Waals surface area contributed by atoms with Gasteiger partial charge in [0.25, 0.3) is 5.91 Å². The summed E-state index contributed by atoms with van der Waals surface area (Å²) in [4.78, 5) is 37.9. The molecule has 2 aliphatic heterocycles. The Labute approximate surface area is 206 Å². The number of alkyl halides is 2. The fourth-order valence-corrected chi connectivity index (χ4v) is 4.66. The van der Waals surface area contributed by atoms with Gasteiger partial charge in [-0.3, -0.25) is 9.69 Å². The van der Waals surface area contributed by atoms with Crippen molar-refractivity contribution in [3.05, 3.63) is 24.0 Å². The first-order chi connectivity index (χ1) is 15.9. The molecule has 2 saturated heterocycles. The number of nitrogens with one attached hydrogen (secondary N) is 2. The number of halogens is 3. The Morgan fingerprint density at radius 1 is 1.26 bits per heavy atom. The number of anilines is 2. The number of carbonyl (C=O) groups is 3. The van der Waals surface area contributed by atoms with Crippen molar-refractivity contribution in [2.24, 2.45) is 11.8 Å². The monoisotopic (exact) mass is 516 g/mol. The van der Waals surface area contributed by atoms with Crippen molar-refractivity contribution in [2.45, 2.75) is 43.3 Å². The van der Waals surface area contributed by atoms with E-state index in [0.717, 1.165) is 0 Å². The number of amides is 3. The quantitative estimate of drug-likeness (QED) is 0.563. The molecular weight excluding hydrogens is 490 g/mol. The van der Waals surface area contributed by atoms with Gasteiger partial charge in [0.15, 0.2) is 4.84 Å². The second-order valence-electron chi connectivity index (χ2n) is 9.69. The molecule has 0 bridgehead atoms. The van der Waals surface area contributed by atoms with Crippen LogP contribution < -0.4 is 20.4 Å². The van der Waals surface area contributed by atoms with Gasteiger partial charge in [-0.25, -0.2) is 14.0 Å². The molecule has 186 valence electrons. The van der Waals surface area contributed by atoms with E-state index in [1.54, 1.807) is 12.1 Å². The predicted octanol–water partition coefficient (Wildman–Crippen LogP) is 3.03. The Kier molecular flexibility index (Phi) is 6.74. The van der Waals surface area contributed by atoms with Gasteiger partial charge in [0.2, 0.25) is 0 Å². The van der Waals surface area contributed by atoms with Crippen LogP contribution in [0.15, 0.2) is 18.2 Å². The zero-order valence-electron chi connectivity index (χ0n) is 19.0. The summed E-state index contributed by atoms with van der Waals surface area (Å²) in [5, 5.41) is 5.43. The van der Waals surface area contributed by atoms with E-state index in [-0.39, 0.29) is 31.0 Å². The van der Waals surface area contributed by atoms with Crippen LogP contribution in [-0.4, -0.2) is 66.9 Å². The third-order valence-corrected chi connectivity index (χ3v) is 6.50. The molecular formula is C22H27Cl2FN4O5. The smallest absolute Gasteiger partial charge is 0.414 e. The number of hydrogen-bond donors (Lipinski definition) is 2. The van der Waals surface area contributed by atoms with Crippen molar-refractivity contribution in [1.29, 1.82) is 0 Å². The van der Waals surface area contributed by atoms with Crippen molar-refractivity contribution >= 4 is 52.7 Å². The summed E-state index contributed by atoms with van der Waals surface area (Å²) in [6.07, 6.45) is -1.07. The number of piperidine rings is 1. The molecule has 9 nitrogen and oxygen atoms in total. The topological polar surface area (TPSA) is 100 Å². The molecule has 3 amide bonds. The van der Waals surface area contributed by atoms with Gasteiger partial charge < -0.3 is 25.0 Å². The summed E-state index contributed by atoms with van der Waals surface area (Å²) in [6, 6.07) is 4.06. The van der Waals surface area contributed by atoms with Crippen LogP contribution in [0.25, 0.3) is 0 Å². The molecule has 3 aliphatic rings. The number of benzene rings is 1. The zero-order chi connectivity index (χ0) is 24.8. The van der Waals surface area contributed by atoms with E-state index >= 15 is 4.39 Å². The maximum Gasteiger partial charge on any atom is 0.414 e. The van der Waals surface area contributed by atoms with Gasteiger partial charge in [0.05, 0.1) is 17.4 Å². The first-order valence-corrected chi connectivity index (χ1v) is 11.9. The van der Waals surface area contributed by atoms with Crippen LogP contribution in [0.2, 0.25) is 0 Å². The number of carbonyl (C=O) groups excluding carboxylic acids is 3. The maximum atomic E-state index is 15.0. The Hall–Kier alpha value is -2.46. The standard InChI is InChI=1S/C22H27Cl2FN4O5/c1-22(2,3)34-20(31)27-17-13-8-28(9-14(13)17)16-5-4-11(6-15(16)25)29-12(10-33-21(29)32)7-26-19(30)18(23)24/h4-6,12-14,17-18H,7-10H2,1-3H3,(H,26,30)(H,27,31)/t12-,13-,14+,17?/m0/s1. The van der Waals surface area contributed by atoms with Crippen LogP contribution >= 0.6 is 23.2 Å². The van der Waals surface area contributed by atoms with Crippen LogP contribution in [0.3, 0.4) is 0 Å². The highest BCUT2D eigenvalue weighted by molar-refractivity contribution is 6.53. The molecule has 4 atom stereocenters. The maximum absolute atomic E-state index is 15.0. The molecule has 2 N–H and O–H groups in total.